The number of nitrogens with one attached hydrogen (secondary N) is 1. The summed E-state index contributed by atoms with van der Waals surface area (Å²) in [6, 6.07) is 3.81. The number of carbonyl (C=O) groups is 1. The topological polar surface area (TPSA) is 65.5 Å². The summed E-state index contributed by atoms with van der Waals surface area (Å²) < 4.78 is 0. The van der Waals surface area contributed by atoms with Crippen LogP contribution >= 0.6 is 0 Å². The lowest BCUT2D eigenvalue weighted by Crippen LogP contribution is -2.45. The van der Waals surface area contributed by atoms with Crippen molar-refractivity contribution < 1.29 is 9.90 Å². The first-order valence-corrected chi connectivity index (χ1v) is 8.89. The van der Waals surface area contributed by atoms with Crippen LogP contribution in [-0.2, 0) is 0 Å². The molecule has 3 rings (SSSR count). The molecule has 1 saturated carbocycles. The number of aliphatic hydroxyl groups excluding tert-OH is 1. The Hall–Kier alpha value is -1.62. The number of likely N-dealkylation sites (tertiary alicyclic amines) is 1. The number of nitrogens with zero attached hydrogens (tertiary/aromatic N) is 2. The van der Waals surface area contributed by atoms with E-state index in [1.54, 1.807) is 12.3 Å². The van der Waals surface area contributed by atoms with Crippen molar-refractivity contribution >= 4 is 11.7 Å². The Morgan fingerprint density at radius 3 is 2.96 bits per heavy atom. The molecule has 2 aliphatic rings. The van der Waals surface area contributed by atoms with Gasteiger partial charge in [-0.3, -0.25) is 4.79 Å². The number of rotatable bonds is 4. The largest absolute Gasteiger partial charge is 0.393 e. The maximum Gasteiger partial charge on any atom is 0.254 e. The Bertz CT molecular complexity index is 549. The molecule has 2 fully saturated rings. The fourth-order valence-corrected chi connectivity index (χ4v) is 4.09. The molecule has 0 bridgehead atoms. The molecule has 3 unspecified atom stereocenters. The minimum atomic E-state index is -0.253. The van der Waals surface area contributed by atoms with E-state index in [9.17, 15) is 9.90 Å². The van der Waals surface area contributed by atoms with Gasteiger partial charge < -0.3 is 15.3 Å². The Kier molecular flexibility index (Phi) is 5.16. The number of aliphatic hydroxyl groups is 1. The third kappa shape index (κ3) is 3.50. The highest BCUT2D eigenvalue weighted by Gasteiger charge is 2.39. The van der Waals surface area contributed by atoms with Crippen LogP contribution in [-0.4, -0.2) is 46.1 Å². The predicted octanol–water partition coefficient (Wildman–Crippen LogP) is 2.67. The van der Waals surface area contributed by atoms with Gasteiger partial charge in [0.05, 0.1) is 6.10 Å². The zero-order valence-electron chi connectivity index (χ0n) is 13.9. The summed E-state index contributed by atoms with van der Waals surface area (Å²) in [6.07, 6.45) is 7.67. The monoisotopic (exact) mass is 317 g/mol. The maximum absolute atomic E-state index is 13.0. The second-order valence-electron chi connectivity index (χ2n) is 6.68. The molecule has 23 heavy (non-hydrogen) atoms. The van der Waals surface area contributed by atoms with Gasteiger partial charge in [0.25, 0.3) is 5.91 Å². The van der Waals surface area contributed by atoms with E-state index in [0.717, 1.165) is 51.0 Å². The number of anilines is 1. The molecule has 1 amide bonds. The van der Waals surface area contributed by atoms with Gasteiger partial charge in [0.2, 0.25) is 0 Å². The quantitative estimate of drug-likeness (QED) is 0.896. The van der Waals surface area contributed by atoms with Crippen molar-refractivity contribution in [1.29, 1.82) is 0 Å². The molecule has 0 aromatic carbocycles. The summed E-state index contributed by atoms with van der Waals surface area (Å²) in [7, 11) is 0. The molecule has 5 heteroatoms. The molecule has 1 aliphatic carbocycles. The van der Waals surface area contributed by atoms with Crippen molar-refractivity contribution in [2.24, 2.45) is 5.92 Å². The molecule has 1 aliphatic heterocycles. The Morgan fingerprint density at radius 2 is 2.17 bits per heavy atom. The Morgan fingerprint density at radius 1 is 1.35 bits per heavy atom. The lowest BCUT2D eigenvalue weighted by atomic mass is 9.80. The molecule has 1 saturated heterocycles. The average molecular weight is 317 g/mol. The van der Waals surface area contributed by atoms with E-state index in [4.69, 9.17) is 0 Å². The Balaban J connectivity index is 1.76. The molecule has 3 atom stereocenters. The molecule has 2 heterocycles. The first kappa shape index (κ1) is 16.2. The summed E-state index contributed by atoms with van der Waals surface area (Å²) in [5, 5.41) is 13.5. The summed E-state index contributed by atoms with van der Waals surface area (Å²) in [5.74, 6) is 1.06. The summed E-state index contributed by atoms with van der Waals surface area (Å²) >= 11 is 0. The Labute approximate surface area is 138 Å². The van der Waals surface area contributed by atoms with Crippen LogP contribution in [0.15, 0.2) is 18.3 Å². The highest BCUT2D eigenvalue weighted by atomic mass is 16.3. The van der Waals surface area contributed by atoms with E-state index in [0.29, 0.717) is 5.56 Å². The molecule has 1 aromatic rings. The number of carbonyl (C=O) groups excluding carboxylic acids is 1. The molecule has 2 N–H and O–H groups in total. The van der Waals surface area contributed by atoms with Gasteiger partial charge in [0, 0.05) is 36.8 Å². The van der Waals surface area contributed by atoms with Crippen LogP contribution < -0.4 is 5.32 Å². The molecule has 0 radical (unpaired) electrons. The van der Waals surface area contributed by atoms with Gasteiger partial charge in [0.1, 0.15) is 5.82 Å². The van der Waals surface area contributed by atoms with Gasteiger partial charge in [-0.2, -0.15) is 0 Å². The minimum absolute atomic E-state index is 0.0758. The molecule has 0 spiro atoms. The van der Waals surface area contributed by atoms with E-state index in [1.807, 2.05) is 17.9 Å². The summed E-state index contributed by atoms with van der Waals surface area (Å²) in [6.45, 7) is 3.59. The molecular weight excluding hydrogens is 290 g/mol. The van der Waals surface area contributed by atoms with Gasteiger partial charge in [-0.05, 0) is 44.7 Å². The SMILES string of the molecule is CCNc1cc(C(=O)N2CCCC2C2CCCCC2O)ccn1. The van der Waals surface area contributed by atoms with Crippen molar-refractivity contribution in [3.63, 3.8) is 0 Å². The predicted molar refractivity (Wildman–Crippen MR) is 90.4 cm³/mol. The van der Waals surface area contributed by atoms with Gasteiger partial charge in [0.15, 0.2) is 0 Å². The molecular formula is C18H27N3O2. The minimum Gasteiger partial charge on any atom is -0.393 e. The van der Waals surface area contributed by atoms with Gasteiger partial charge in [-0.15, -0.1) is 0 Å². The van der Waals surface area contributed by atoms with Gasteiger partial charge in [-0.1, -0.05) is 12.8 Å². The van der Waals surface area contributed by atoms with Crippen LogP contribution in [0.1, 0.15) is 55.8 Å². The second-order valence-corrected chi connectivity index (χ2v) is 6.68. The van der Waals surface area contributed by atoms with Crippen molar-refractivity contribution in [1.82, 2.24) is 9.88 Å². The van der Waals surface area contributed by atoms with Crippen LogP contribution in [0.2, 0.25) is 0 Å². The normalized spacial score (nSPS) is 27.9. The maximum atomic E-state index is 13.0. The second kappa shape index (κ2) is 7.30. The third-order valence-corrected chi connectivity index (χ3v) is 5.20. The van der Waals surface area contributed by atoms with Crippen LogP contribution in [0.4, 0.5) is 5.82 Å². The molecule has 1 aromatic heterocycles. The van der Waals surface area contributed by atoms with Gasteiger partial charge >= 0.3 is 0 Å². The zero-order valence-corrected chi connectivity index (χ0v) is 13.9. The zero-order chi connectivity index (χ0) is 16.2. The van der Waals surface area contributed by atoms with Crippen LogP contribution in [0.25, 0.3) is 0 Å². The first-order valence-electron chi connectivity index (χ1n) is 8.89. The molecule has 5 nitrogen and oxygen atoms in total. The smallest absolute Gasteiger partial charge is 0.254 e. The van der Waals surface area contributed by atoms with Crippen LogP contribution in [0.3, 0.4) is 0 Å². The van der Waals surface area contributed by atoms with Crippen molar-refractivity contribution in [3.8, 4) is 0 Å². The van der Waals surface area contributed by atoms with Crippen LogP contribution in [0, 0.1) is 5.92 Å². The number of amides is 1. The molecule has 126 valence electrons. The number of pyridine rings is 1. The van der Waals surface area contributed by atoms with E-state index in [1.165, 1.54) is 6.42 Å². The van der Waals surface area contributed by atoms with Crippen LogP contribution in [0.5, 0.6) is 0 Å². The number of hydrogen-bond donors (Lipinski definition) is 2. The highest BCUT2D eigenvalue weighted by Crippen LogP contribution is 2.35. The standard InChI is InChI=1S/C18H27N3O2/c1-2-19-17-12-13(9-10-20-17)18(23)21-11-5-7-15(21)14-6-3-4-8-16(14)22/h9-10,12,14-16,22H,2-8,11H2,1H3,(H,19,20). The first-order chi connectivity index (χ1) is 11.2. The fraction of sp³-hybridized carbons (Fsp3) is 0.667. The van der Waals surface area contributed by atoms with E-state index < -0.39 is 0 Å². The highest BCUT2D eigenvalue weighted by molar-refractivity contribution is 5.95. The van der Waals surface area contributed by atoms with Crippen molar-refractivity contribution in [2.45, 2.75) is 57.6 Å². The lowest BCUT2D eigenvalue weighted by molar-refractivity contribution is 0.0211. The number of hydrogen-bond acceptors (Lipinski definition) is 4. The third-order valence-electron chi connectivity index (χ3n) is 5.20. The summed E-state index contributed by atoms with van der Waals surface area (Å²) in [5.41, 5.74) is 0.688. The van der Waals surface area contributed by atoms with E-state index >= 15 is 0 Å². The van der Waals surface area contributed by atoms with Gasteiger partial charge in [-0.25, -0.2) is 4.98 Å². The van der Waals surface area contributed by atoms with E-state index in [-0.39, 0.29) is 24.0 Å². The van der Waals surface area contributed by atoms with Crippen molar-refractivity contribution in [3.05, 3.63) is 23.9 Å². The van der Waals surface area contributed by atoms with E-state index in [2.05, 4.69) is 10.3 Å². The fourth-order valence-electron chi connectivity index (χ4n) is 4.09. The summed E-state index contributed by atoms with van der Waals surface area (Å²) in [4.78, 5) is 19.2. The lowest BCUT2D eigenvalue weighted by Gasteiger charge is -2.37. The number of aromatic nitrogens is 1. The van der Waals surface area contributed by atoms with Crippen molar-refractivity contribution in [2.75, 3.05) is 18.4 Å². The average Bonchev–Trinajstić information content (AvgIpc) is 3.04.